The summed E-state index contributed by atoms with van der Waals surface area (Å²) in [5, 5.41) is 0.677. The Kier molecular flexibility index (Phi) is 4.61. The van der Waals surface area contributed by atoms with Crippen LogP contribution in [-0.2, 0) is 6.61 Å². The molecule has 0 saturated carbocycles. The van der Waals surface area contributed by atoms with E-state index in [4.69, 9.17) is 22.2 Å². The van der Waals surface area contributed by atoms with E-state index in [1.54, 1.807) is 24.3 Å². The average molecular weight is 291 g/mol. The number of benzene rings is 2. The summed E-state index contributed by atoms with van der Waals surface area (Å²) < 4.78 is 5.72. The summed E-state index contributed by atoms with van der Waals surface area (Å²) in [6, 6.07) is 12.6. The minimum atomic E-state index is -0.325. The number of ether oxygens (including phenoxy) is 1. The first-order valence-electron chi connectivity index (χ1n) is 6.09. The molecule has 0 bridgehead atoms. The lowest BCUT2D eigenvalue weighted by atomic mass is 10.1. The van der Waals surface area contributed by atoms with Gasteiger partial charge in [-0.1, -0.05) is 23.7 Å². The molecule has 5 heteroatoms. The summed E-state index contributed by atoms with van der Waals surface area (Å²) in [5.41, 5.74) is 4.46. The molecule has 104 valence electrons. The van der Waals surface area contributed by atoms with Gasteiger partial charge in [-0.3, -0.25) is 10.2 Å². The van der Waals surface area contributed by atoms with Crippen LogP contribution in [0.4, 0.5) is 0 Å². The minimum absolute atomic E-state index is 0.325. The first-order valence-corrected chi connectivity index (χ1v) is 6.47. The molecule has 0 heterocycles. The fraction of sp³-hybridized carbons (Fsp3) is 0.133. The number of carbonyl (C=O) groups excluding carboxylic acids is 1. The van der Waals surface area contributed by atoms with Gasteiger partial charge in [0.2, 0.25) is 0 Å². The van der Waals surface area contributed by atoms with Gasteiger partial charge in [-0.05, 0) is 48.4 Å². The lowest BCUT2D eigenvalue weighted by molar-refractivity contribution is 0.0953. The second kappa shape index (κ2) is 6.41. The summed E-state index contributed by atoms with van der Waals surface area (Å²) in [6.45, 7) is 2.30. The van der Waals surface area contributed by atoms with Crippen molar-refractivity contribution in [3.05, 3.63) is 64.2 Å². The summed E-state index contributed by atoms with van der Waals surface area (Å²) >= 11 is 5.89. The normalized spacial score (nSPS) is 10.2. The maximum Gasteiger partial charge on any atom is 0.265 e. The van der Waals surface area contributed by atoms with Crippen LogP contribution in [0.3, 0.4) is 0 Å². The molecule has 2 aromatic carbocycles. The molecule has 0 aliphatic carbocycles. The standard InChI is InChI=1S/C15H15ClN2O2/c1-10-7-13(16)5-6-14(10)20-9-11-3-2-4-12(8-11)15(19)18-17/h2-8H,9,17H2,1H3,(H,18,19). The van der Waals surface area contributed by atoms with E-state index in [-0.39, 0.29) is 5.91 Å². The molecule has 0 aromatic heterocycles. The summed E-state index contributed by atoms with van der Waals surface area (Å²) in [4.78, 5) is 11.4. The van der Waals surface area contributed by atoms with Crippen LogP contribution < -0.4 is 16.0 Å². The molecular formula is C15H15ClN2O2. The van der Waals surface area contributed by atoms with Gasteiger partial charge in [0.25, 0.3) is 5.91 Å². The highest BCUT2D eigenvalue weighted by atomic mass is 35.5. The first kappa shape index (κ1) is 14.4. The largest absolute Gasteiger partial charge is 0.489 e. The van der Waals surface area contributed by atoms with Crippen LogP contribution >= 0.6 is 11.6 Å². The number of aryl methyl sites for hydroxylation is 1. The Morgan fingerprint density at radius 2 is 2.10 bits per heavy atom. The molecule has 4 nitrogen and oxygen atoms in total. The quantitative estimate of drug-likeness (QED) is 0.517. The van der Waals surface area contributed by atoms with Crippen molar-refractivity contribution in [2.75, 3.05) is 0 Å². The fourth-order valence-electron chi connectivity index (χ4n) is 1.82. The Hall–Kier alpha value is -2.04. The highest BCUT2D eigenvalue weighted by Crippen LogP contribution is 2.22. The number of carbonyl (C=O) groups is 1. The number of amides is 1. The molecule has 20 heavy (non-hydrogen) atoms. The second-order valence-electron chi connectivity index (χ2n) is 4.37. The van der Waals surface area contributed by atoms with Crippen LogP contribution in [0.15, 0.2) is 42.5 Å². The van der Waals surface area contributed by atoms with E-state index in [1.165, 1.54) is 0 Å². The highest BCUT2D eigenvalue weighted by molar-refractivity contribution is 6.30. The van der Waals surface area contributed by atoms with E-state index < -0.39 is 0 Å². The van der Waals surface area contributed by atoms with Gasteiger partial charge in [-0.2, -0.15) is 0 Å². The Balaban J connectivity index is 2.09. The summed E-state index contributed by atoms with van der Waals surface area (Å²) in [7, 11) is 0. The van der Waals surface area contributed by atoms with Gasteiger partial charge in [-0.15, -0.1) is 0 Å². The zero-order valence-electron chi connectivity index (χ0n) is 11.0. The Morgan fingerprint density at radius 3 is 2.80 bits per heavy atom. The predicted octanol–water partition coefficient (Wildman–Crippen LogP) is 2.83. The third-order valence-electron chi connectivity index (χ3n) is 2.85. The minimum Gasteiger partial charge on any atom is -0.489 e. The van der Waals surface area contributed by atoms with E-state index in [0.29, 0.717) is 17.2 Å². The van der Waals surface area contributed by atoms with Gasteiger partial charge in [0.1, 0.15) is 12.4 Å². The molecule has 0 aliphatic rings. The number of halogens is 1. The molecule has 0 spiro atoms. The van der Waals surface area contributed by atoms with E-state index in [9.17, 15) is 4.79 Å². The van der Waals surface area contributed by atoms with Crippen LogP contribution in [-0.4, -0.2) is 5.91 Å². The number of hydrogen-bond acceptors (Lipinski definition) is 3. The topological polar surface area (TPSA) is 64.3 Å². The van der Waals surface area contributed by atoms with Gasteiger partial charge >= 0.3 is 0 Å². The van der Waals surface area contributed by atoms with Gasteiger partial charge in [0.15, 0.2) is 0 Å². The molecule has 0 radical (unpaired) electrons. The van der Waals surface area contributed by atoms with Crippen molar-refractivity contribution in [2.24, 2.45) is 5.84 Å². The number of hydrogen-bond donors (Lipinski definition) is 2. The van der Waals surface area contributed by atoms with Crippen LogP contribution in [0.1, 0.15) is 21.5 Å². The Labute approximate surface area is 122 Å². The van der Waals surface area contributed by atoms with E-state index in [2.05, 4.69) is 5.43 Å². The Bertz CT molecular complexity index is 629. The number of nitrogens with two attached hydrogens (primary N) is 1. The van der Waals surface area contributed by atoms with Gasteiger partial charge in [0, 0.05) is 10.6 Å². The number of rotatable bonds is 4. The number of hydrazine groups is 1. The fourth-order valence-corrected chi connectivity index (χ4v) is 2.05. The number of nitrogen functional groups attached to an aromatic ring is 1. The van der Waals surface area contributed by atoms with Crippen LogP contribution in [0.5, 0.6) is 5.75 Å². The second-order valence-corrected chi connectivity index (χ2v) is 4.81. The average Bonchev–Trinajstić information content (AvgIpc) is 2.46. The van der Waals surface area contributed by atoms with Crippen molar-refractivity contribution in [3.8, 4) is 5.75 Å². The van der Waals surface area contributed by atoms with Crippen molar-refractivity contribution < 1.29 is 9.53 Å². The van der Waals surface area contributed by atoms with E-state index >= 15 is 0 Å². The molecule has 2 aromatic rings. The van der Waals surface area contributed by atoms with Gasteiger partial charge < -0.3 is 4.74 Å². The maximum atomic E-state index is 11.4. The highest BCUT2D eigenvalue weighted by Gasteiger charge is 2.05. The first-order chi connectivity index (χ1) is 9.60. The third kappa shape index (κ3) is 3.50. The zero-order chi connectivity index (χ0) is 14.5. The van der Waals surface area contributed by atoms with Crippen molar-refractivity contribution in [2.45, 2.75) is 13.5 Å². The molecule has 2 rings (SSSR count). The van der Waals surface area contributed by atoms with Crippen LogP contribution in [0.2, 0.25) is 5.02 Å². The monoisotopic (exact) mass is 290 g/mol. The van der Waals surface area contributed by atoms with Crippen molar-refractivity contribution in [1.82, 2.24) is 5.43 Å². The lowest BCUT2D eigenvalue weighted by Crippen LogP contribution is -2.30. The smallest absolute Gasteiger partial charge is 0.265 e. The molecule has 0 atom stereocenters. The van der Waals surface area contributed by atoms with E-state index in [1.807, 2.05) is 25.1 Å². The van der Waals surface area contributed by atoms with Crippen LogP contribution in [0.25, 0.3) is 0 Å². The molecular weight excluding hydrogens is 276 g/mol. The maximum absolute atomic E-state index is 11.4. The zero-order valence-corrected chi connectivity index (χ0v) is 11.8. The van der Waals surface area contributed by atoms with Crippen molar-refractivity contribution in [3.63, 3.8) is 0 Å². The predicted molar refractivity (Wildman–Crippen MR) is 78.6 cm³/mol. The Morgan fingerprint density at radius 1 is 1.30 bits per heavy atom. The van der Waals surface area contributed by atoms with Gasteiger partial charge in [-0.25, -0.2) is 5.84 Å². The summed E-state index contributed by atoms with van der Waals surface area (Å²) in [5.74, 6) is 5.55. The molecule has 1 amide bonds. The summed E-state index contributed by atoms with van der Waals surface area (Å²) in [6.07, 6.45) is 0. The van der Waals surface area contributed by atoms with Gasteiger partial charge in [0.05, 0.1) is 0 Å². The number of nitrogens with one attached hydrogen (secondary N) is 1. The molecule has 0 fully saturated rings. The van der Waals surface area contributed by atoms with E-state index in [0.717, 1.165) is 16.9 Å². The van der Waals surface area contributed by atoms with Crippen molar-refractivity contribution in [1.29, 1.82) is 0 Å². The lowest BCUT2D eigenvalue weighted by Gasteiger charge is -2.10. The molecule has 0 unspecified atom stereocenters. The molecule has 3 N–H and O–H groups in total. The SMILES string of the molecule is Cc1cc(Cl)ccc1OCc1cccc(C(=O)NN)c1. The molecule has 0 saturated heterocycles. The third-order valence-corrected chi connectivity index (χ3v) is 3.09. The van der Waals surface area contributed by atoms with Crippen LogP contribution in [0, 0.1) is 6.92 Å². The van der Waals surface area contributed by atoms with Crippen molar-refractivity contribution >= 4 is 17.5 Å². The molecule has 0 aliphatic heterocycles.